The van der Waals surface area contributed by atoms with Crippen LogP contribution in [-0.2, 0) is 28.8 Å². The van der Waals surface area contributed by atoms with Gasteiger partial charge in [0.2, 0.25) is 35.9 Å². The molecule has 0 rings (SSSR count). The van der Waals surface area contributed by atoms with Crippen LogP contribution < -0.4 is 5.73 Å². The molecule has 0 heterocycles. The molecule has 0 aliphatic carbocycles. The predicted molar refractivity (Wildman–Crippen MR) is 98.4 cm³/mol. The smallest absolute Gasteiger partial charge is 0.242 e. The van der Waals surface area contributed by atoms with Gasteiger partial charge in [0.1, 0.15) is 0 Å². The molecule has 0 fully saturated rings. The number of hydrogen-bond acceptors (Lipinski definition) is 6. The molecule has 12 heteroatoms. The number of carbonyl (C=O) groups excluding carboxylic acids is 6. The van der Waals surface area contributed by atoms with E-state index in [2.05, 4.69) is 0 Å². The summed E-state index contributed by atoms with van der Waals surface area (Å²) in [6.45, 7) is -1.27. The van der Waals surface area contributed by atoms with Crippen molar-refractivity contribution >= 4 is 35.9 Å². The van der Waals surface area contributed by atoms with Crippen molar-refractivity contribution in [3.05, 3.63) is 0 Å². The van der Waals surface area contributed by atoms with E-state index in [-0.39, 0.29) is 32.7 Å². The largest absolute Gasteiger partial charge is 0.368 e. The van der Waals surface area contributed by atoms with Crippen LogP contribution in [0.4, 0.5) is 0 Å². The highest BCUT2D eigenvalue weighted by molar-refractivity contribution is 5.91. The fourth-order valence-electron chi connectivity index (χ4n) is 1.93. The molecule has 0 atom stereocenters. The summed E-state index contributed by atoms with van der Waals surface area (Å²) >= 11 is 0. The molecule has 158 valence electrons. The summed E-state index contributed by atoms with van der Waals surface area (Å²) in [5.41, 5.74) is 5.01. The van der Waals surface area contributed by atoms with E-state index in [1.807, 2.05) is 0 Å². The third kappa shape index (κ3) is 8.96. The topological polar surface area (TPSA) is 145 Å². The molecule has 0 unspecified atom stereocenters. The van der Waals surface area contributed by atoms with E-state index in [1.165, 1.54) is 35.2 Å². The second-order valence-corrected chi connectivity index (χ2v) is 6.49. The van der Waals surface area contributed by atoms with Gasteiger partial charge in [-0.3, -0.25) is 28.8 Å². The van der Waals surface area contributed by atoms with Crippen LogP contribution in [0, 0.1) is 0 Å². The lowest BCUT2D eigenvalue weighted by Crippen LogP contribution is -2.47. The third-order valence-electron chi connectivity index (χ3n) is 3.78. The van der Waals surface area contributed by atoms with E-state index >= 15 is 0 Å². The summed E-state index contributed by atoms with van der Waals surface area (Å²) in [6, 6.07) is 0. The summed E-state index contributed by atoms with van der Waals surface area (Å²) in [4.78, 5) is 75.1. The fourth-order valence-corrected chi connectivity index (χ4v) is 1.93. The minimum Gasteiger partial charge on any atom is -0.368 e. The maximum atomic E-state index is 12.2. The van der Waals surface area contributed by atoms with Crippen LogP contribution in [0.3, 0.4) is 0 Å². The minimum atomic E-state index is -0.673. The van der Waals surface area contributed by atoms with E-state index in [0.29, 0.717) is 6.41 Å². The Morgan fingerprint density at radius 1 is 0.607 bits per heavy atom. The molecule has 12 nitrogen and oxygen atoms in total. The van der Waals surface area contributed by atoms with Gasteiger partial charge in [-0.2, -0.15) is 0 Å². The Morgan fingerprint density at radius 2 is 0.893 bits per heavy atom. The van der Waals surface area contributed by atoms with Crippen LogP contribution in [0.1, 0.15) is 0 Å². The van der Waals surface area contributed by atoms with E-state index in [4.69, 9.17) is 5.73 Å². The minimum absolute atomic E-state index is 0.167. The van der Waals surface area contributed by atoms with E-state index < -0.39 is 29.5 Å². The lowest BCUT2D eigenvalue weighted by Gasteiger charge is -2.25. The van der Waals surface area contributed by atoms with Gasteiger partial charge in [-0.05, 0) is 0 Å². The van der Waals surface area contributed by atoms with Crippen LogP contribution in [0.5, 0.6) is 0 Å². The fraction of sp³-hybridized carbons (Fsp3) is 0.625. The number of hydrogen-bond donors (Lipinski definition) is 1. The Labute approximate surface area is 163 Å². The number of nitrogens with zero attached hydrogens (tertiary/aromatic N) is 5. The van der Waals surface area contributed by atoms with Gasteiger partial charge in [0.05, 0.1) is 32.7 Å². The van der Waals surface area contributed by atoms with Gasteiger partial charge in [0.25, 0.3) is 0 Å². The van der Waals surface area contributed by atoms with E-state index in [0.717, 1.165) is 24.5 Å². The Hall–Kier alpha value is -3.18. The van der Waals surface area contributed by atoms with Crippen LogP contribution >= 0.6 is 0 Å². The lowest BCUT2D eigenvalue weighted by molar-refractivity contribution is -0.144. The quantitative estimate of drug-likeness (QED) is 0.355. The number of nitrogens with two attached hydrogens (primary N) is 1. The normalized spacial score (nSPS) is 9.89. The summed E-state index contributed by atoms with van der Waals surface area (Å²) < 4.78 is 0. The van der Waals surface area contributed by atoms with Crippen molar-refractivity contribution in [3.8, 4) is 0 Å². The molecule has 6 amide bonds. The van der Waals surface area contributed by atoms with Gasteiger partial charge >= 0.3 is 0 Å². The van der Waals surface area contributed by atoms with E-state index in [1.54, 1.807) is 0 Å². The lowest BCUT2D eigenvalue weighted by atomic mass is 10.3. The number of carbonyl (C=O) groups is 6. The third-order valence-corrected chi connectivity index (χ3v) is 3.78. The Morgan fingerprint density at radius 3 is 1.18 bits per heavy atom. The van der Waals surface area contributed by atoms with Crippen molar-refractivity contribution in [1.29, 1.82) is 0 Å². The zero-order chi connectivity index (χ0) is 22.0. The first-order valence-electron chi connectivity index (χ1n) is 8.28. The number of rotatable bonds is 11. The van der Waals surface area contributed by atoms with Gasteiger partial charge in [-0.25, -0.2) is 0 Å². The molecule has 0 spiro atoms. The number of likely N-dealkylation sites (N-methyl/N-ethyl adjacent to an activating group) is 5. The average Bonchev–Trinajstić information content (AvgIpc) is 2.60. The molecular formula is C16H28N6O6. The molecule has 0 saturated heterocycles. The SMILES string of the molecule is CN(C=O)CC(=O)N(C)CC(=O)N(C)CC(=O)N(C)CC(=O)N(C)CC(N)=O. The van der Waals surface area contributed by atoms with E-state index in [9.17, 15) is 28.8 Å². The summed E-state index contributed by atoms with van der Waals surface area (Å²) in [5, 5.41) is 0. The number of amides is 6. The molecule has 0 aliphatic heterocycles. The predicted octanol–water partition coefficient (Wildman–Crippen LogP) is -3.61. The van der Waals surface area contributed by atoms with Crippen molar-refractivity contribution in [2.75, 3.05) is 68.0 Å². The van der Waals surface area contributed by atoms with Gasteiger partial charge in [0.15, 0.2) is 0 Å². The average molecular weight is 400 g/mol. The summed E-state index contributed by atoms with van der Waals surface area (Å²) in [7, 11) is 7.01. The van der Waals surface area contributed by atoms with Crippen molar-refractivity contribution < 1.29 is 28.8 Å². The highest BCUT2D eigenvalue weighted by Gasteiger charge is 2.22. The second-order valence-electron chi connectivity index (χ2n) is 6.49. The first kappa shape index (κ1) is 24.8. The highest BCUT2D eigenvalue weighted by atomic mass is 16.2. The molecule has 0 saturated carbocycles. The molecule has 28 heavy (non-hydrogen) atoms. The molecule has 0 radical (unpaired) electrons. The van der Waals surface area contributed by atoms with Crippen LogP contribution in [0.15, 0.2) is 0 Å². The second kappa shape index (κ2) is 11.5. The molecule has 0 aromatic rings. The van der Waals surface area contributed by atoms with Crippen LogP contribution in [0.25, 0.3) is 0 Å². The Balaban J connectivity index is 4.56. The molecule has 2 N–H and O–H groups in total. The van der Waals surface area contributed by atoms with Gasteiger partial charge in [0, 0.05) is 35.2 Å². The van der Waals surface area contributed by atoms with Crippen molar-refractivity contribution in [2.45, 2.75) is 0 Å². The van der Waals surface area contributed by atoms with Crippen molar-refractivity contribution in [1.82, 2.24) is 24.5 Å². The molecule has 0 aromatic carbocycles. The van der Waals surface area contributed by atoms with Crippen molar-refractivity contribution in [2.24, 2.45) is 5.73 Å². The Kier molecular flexibility index (Phi) is 10.2. The summed E-state index contributed by atoms with van der Waals surface area (Å²) in [5.74, 6) is -2.56. The van der Waals surface area contributed by atoms with Crippen molar-refractivity contribution in [3.63, 3.8) is 0 Å². The first-order chi connectivity index (χ1) is 12.9. The summed E-state index contributed by atoms with van der Waals surface area (Å²) in [6.07, 6.45) is 0.496. The highest BCUT2D eigenvalue weighted by Crippen LogP contribution is 1.96. The van der Waals surface area contributed by atoms with Gasteiger partial charge in [-0.1, -0.05) is 0 Å². The molecule has 0 aliphatic rings. The Bertz CT molecular complexity index is 625. The van der Waals surface area contributed by atoms with Crippen LogP contribution in [0.2, 0.25) is 0 Å². The first-order valence-corrected chi connectivity index (χ1v) is 8.28. The van der Waals surface area contributed by atoms with Crippen LogP contribution in [-0.4, -0.2) is 128 Å². The number of primary amides is 1. The molecule has 0 aromatic heterocycles. The van der Waals surface area contributed by atoms with Gasteiger partial charge < -0.3 is 30.2 Å². The zero-order valence-electron chi connectivity index (χ0n) is 16.9. The molecular weight excluding hydrogens is 372 g/mol. The standard InChI is InChI=1S/C16H28N6O6/c1-18(11-23)7-13(25)20(3)9-15(27)22(5)10-16(28)21(4)8-14(26)19(2)6-12(17)24/h11H,6-10H2,1-5H3,(H2,17,24). The molecule has 0 bridgehead atoms. The maximum absolute atomic E-state index is 12.2. The van der Waals surface area contributed by atoms with Gasteiger partial charge in [-0.15, -0.1) is 0 Å². The maximum Gasteiger partial charge on any atom is 0.242 e. The monoisotopic (exact) mass is 400 g/mol. The zero-order valence-corrected chi connectivity index (χ0v) is 16.9.